The van der Waals surface area contributed by atoms with E-state index in [0.717, 1.165) is 21.3 Å². The number of sulfonamides is 1. The second-order valence-electron chi connectivity index (χ2n) is 8.44. The van der Waals surface area contributed by atoms with Crippen LogP contribution >= 0.6 is 23.2 Å². The zero-order valence-electron chi connectivity index (χ0n) is 20.0. The van der Waals surface area contributed by atoms with Crippen molar-refractivity contribution in [3.63, 3.8) is 0 Å². The normalized spacial score (nSPS) is 14.0. The van der Waals surface area contributed by atoms with Crippen molar-refractivity contribution >= 4 is 50.5 Å². The average molecular weight is 548 g/mol. The van der Waals surface area contributed by atoms with Crippen molar-refractivity contribution in [2.24, 2.45) is 0 Å². The van der Waals surface area contributed by atoms with Gasteiger partial charge in [0.2, 0.25) is 5.91 Å². The van der Waals surface area contributed by atoms with Crippen LogP contribution in [0.2, 0.25) is 10.0 Å². The number of benzene rings is 3. The number of piperazine rings is 1. The fourth-order valence-electron chi connectivity index (χ4n) is 4.13. The Labute approximate surface area is 221 Å². The number of methoxy groups -OCH3 is 1. The Kier molecular flexibility index (Phi) is 7.97. The second kappa shape index (κ2) is 11.0. The van der Waals surface area contributed by atoms with Gasteiger partial charge in [0, 0.05) is 26.2 Å². The third-order valence-corrected chi connectivity index (χ3v) is 8.73. The topological polar surface area (TPSA) is 70.2 Å². The van der Waals surface area contributed by atoms with Gasteiger partial charge in [-0.15, -0.1) is 0 Å². The molecule has 7 nitrogen and oxygen atoms in total. The molecule has 0 N–H and O–H groups in total. The Balaban J connectivity index is 1.57. The minimum atomic E-state index is -4.09. The third-order valence-electron chi connectivity index (χ3n) is 6.15. The molecular formula is C26H27Cl2N3O4S. The number of hydrogen-bond donors (Lipinski definition) is 0. The number of amides is 1. The standard InChI is InChI=1S/C26H27Cl2N3O4S/c1-19-10-12-20(13-11-19)36(33,34)31(23-8-5-6-21(27)26(23)28)18-25(32)30-16-14-29(15-17-30)22-7-3-4-9-24(22)35-2/h3-13H,14-18H2,1-2H3. The molecule has 0 atom stereocenters. The summed E-state index contributed by atoms with van der Waals surface area (Å²) in [6.07, 6.45) is 0. The van der Waals surface area contributed by atoms with Gasteiger partial charge < -0.3 is 14.5 Å². The average Bonchev–Trinajstić information content (AvgIpc) is 2.89. The molecule has 10 heteroatoms. The highest BCUT2D eigenvalue weighted by molar-refractivity contribution is 7.92. The Morgan fingerprint density at radius 2 is 1.61 bits per heavy atom. The van der Waals surface area contributed by atoms with Crippen molar-refractivity contribution in [2.75, 3.05) is 49.0 Å². The lowest BCUT2D eigenvalue weighted by Crippen LogP contribution is -2.52. The van der Waals surface area contributed by atoms with E-state index in [1.54, 1.807) is 42.3 Å². The maximum atomic E-state index is 13.7. The molecule has 3 aromatic carbocycles. The van der Waals surface area contributed by atoms with Crippen LogP contribution in [0.25, 0.3) is 0 Å². The highest BCUT2D eigenvalue weighted by Gasteiger charge is 2.32. The van der Waals surface area contributed by atoms with Crippen molar-refractivity contribution < 1.29 is 17.9 Å². The van der Waals surface area contributed by atoms with Crippen molar-refractivity contribution in [2.45, 2.75) is 11.8 Å². The molecule has 3 aromatic rings. The molecule has 0 aromatic heterocycles. The number of halogens is 2. The van der Waals surface area contributed by atoms with E-state index in [1.165, 1.54) is 12.1 Å². The molecule has 0 radical (unpaired) electrons. The van der Waals surface area contributed by atoms with Gasteiger partial charge in [-0.3, -0.25) is 9.10 Å². The van der Waals surface area contributed by atoms with Crippen LogP contribution in [0.15, 0.2) is 71.6 Å². The van der Waals surface area contributed by atoms with Crippen molar-refractivity contribution in [1.29, 1.82) is 0 Å². The molecule has 4 rings (SSSR count). The Morgan fingerprint density at radius 3 is 2.28 bits per heavy atom. The lowest BCUT2D eigenvalue weighted by Gasteiger charge is -2.37. The summed E-state index contributed by atoms with van der Waals surface area (Å²) in [7, 11) is -2.46. The van der Waals surface area contributed by atoms with Crippen molar-refractivity contribution in [3.05, 3.63) is 82.3 Å². The smallest absolute Gasteiger partial charge is 0.264 e. The summed E-state index contributed by atoms with van der Waals surface area (Å²) in [6.45, 7) is 3.54. The molecule has 1 aliphatic heterocycles. The van der Waals surface area contributed by atoms with E-state index in [4.69, 9.17) is 27.9 Å². The van der Waals surface area contributed by atoms with Crippen LogP contribution in [0, 0.1) is 6.92 Å². The fourth-order valence-corrected chi connectivity index (χ4v) is 6.01. The number of carbonyl (C=O) groups excluding carboxylic acids is 1. The van der Waals surface area contributed by atoms with E-state index in [2.05, 4.69) is 4.90 Å². The van der Waals surface area contributed by atoms with Crippen LogP contribution in [0.1, 0.15) is 5.56 Å². The van der Waals surface area contributed by atoms with E-state index in [-0.39, 0.29) is 26.5 Å². The van der Waals surface area contributed by atoms with Crippen LogP contribution in [0.3, 0.4) is 0 Å². The molecule has 0 unspecified atom stereocenters. The van der Waals surface area contributed by atoms with E-state index < -0.39 is 16.6 Å². The summed E-state index contributed by atoms with van der Waals surface area (Å²) in [6, 6.07) is 18.9. The van der Waals surface area contributed by atoms with Crippen LogP contribution < -0.4 is 13.9 Å². The van der Waals surface area contributed by atoms with Gasteiger partial charge in [0.25, 0.3) is 10.0 Å². The molecule has 36 heavy (non-hydrogen) atoms. The van der Waals surface area contributed by atoms with Gasteiger partial charge in [-0.2, -0.15) is 0 Å². The van der Waals surface area contributed by atoms with E-state index in [0.29, 0.717) is 26.2 Å². The SMILES string of the molecule is COc1ccccc1N1CCN(C(=O)CN(c2cccc(Cl)c2Cl)S(=O)(=O)c2ccc(C)cc2)CC1. The number of hydrogen-bond acceptors (Lipinski definition) is 5. The van der Waals surface area contributed by atoms with Crippen LogP contribution in [-0.2, 0) is 14.8 Å². The molecule has 0 aliphatic carbocycles. The first-order valence-corrected chi connectivity index (χ1v) is 13.6. The predicted molar refractivity (Wildman–Crippen MR) is 144 cm³/mol. The van der Waals surface area contributed by atoms with Gasteiger partial charge in [-0.05, 0) is 43.3 Å². The van der Waals surface area contributed by atoms with Crippen LogP contribution in [0.4, 0.5) is 11.4 Å². The first kappa shape index (κ1) is 26.1. The third kappa shape index (κ3) is 5.40. The van der Waals surface area contributed by atoms with Gasteiger partial charge in [0.05, 0.1) is 33.4 Å². The van der Waals surface area contributed by atoms with Gasteiger partial charge in [-0.1, -0.05) is 59.1 Å². The molecule has 0 spiro atoms. The van der Waals surface area contributed by atoms with Gasteiger partial charge in [0.15, 0.2) is 0 Å². The number of ether oxygens (including phenoxy) is 1. The van der Waals surface area contributed by atoms with Crippen LogP contribution in [0.5, 0.6) is 5.75 Å². The minimum absolute atomic E-state index is 0.0675. The number of anilines is 2. The van der Waals surface area contributed by atoms with Gasteiger partial charge in [-0.25, -0.2) is 8.42 Å². The maximum absolute atomic E-state index is 13.7. The number of nitrogens with zero attached hydrogens (tertiary/aromatic N) is 3. The predicted octanol–water partition coefficient (Wildman–Crippen LogP) is 4.85. The molecule has 1 amide bonds. The zero-order valence-corrected chi connectivity index (χ0v) is 22.4. The number of rotatable bonds is 7. The number of para-hydroxylation sites is 2. The van der Waals surface area contributed by atoms with Crippen LogP contribution in [-0.4, -0.2) is 59.1 Å². The lowest BCUT2D eigenvalue weighted by atomic mass is 10.2. The first-order chi connectivity index (χ1) is 17.2. The summed E-state index contributed by atoms with van der Waals surface area (Å²) in [5.74, 6) is 0.449. The Morgan fingerprint density at radius 1 is 0.944 bits per heavy atom. The van der Waals surface area contributed by atoms with E-state index >= 15 is 0 Å². The molecule has 190 valence electrons. The molecule has 1 heterocycles. The Hall–Kier alpha value is -2.94. The van der Waals surface area contributed by atoms with E-state index in [9.17, 15) is 13.2 Å². The lowest BCUT2D eigenvalue weighted by molar-refractivity contribution is -0.129. The second-order valence-corrected chi connectivity index (χ2v) is 11.1. The molecule has 1 fully saturated rings. The highest BCUT2D eigenvalue weighted by Crippen LogP contribution is 2.35. The quantitative estimate of drug-likeness (QED) is 0.422. The number of aryl methyl sites for hydroxylation is 1. The van der Waals surface area contributed by atoms with Gasteiger partial charge in [0.1, 0.15) is 12.3 Å². The zero-order chi connectivity index (χ0) is 25.9. The summed E-state index contributed by atoms with van der Waals surface area (Å²) in [4.78, 5) is 17.3. The molecular weight excluding hydrogens is 521 g/mol. The fraction of sp³-hybridized carbons (Fsp3) is 0.269. The molecule has 1 aliphatic rings. The highest BCUT2D eigenvalue weighted by atomic mass is 35.5. The molecule has 0 saturated carbocycles. The summed E-state index contributed by atoms with van der Waals surface area (Å²) in [5.41, 5.74) is 2.04. The van der Waals surface area contributed by atoms with E-state index in [1.807, 2.05) is 31.2 Å². The monoisotopic (exact) mass is 547 g/mol. The van der Waals surface area contributed by atoms with Crippen molar-refractivity contribution in [3.8, 4) is 5.75 Å². The summed E-state index contributed by atoms with van der Waals surface area (Å²) in [5, 5.41) is 0.278. The van der Waals surface area contributed by atoms with Crippen molar-refractivity contribution in [1.82, 2.24) is 4.90 Å². The maximum Gasteiger partial charge on any atom is 0.264 e. The Bertz CT molecular complexity index is 1340. The molecule has 1 saturated heterocycles. The van der Waals surface area contributed by atoms with Gasteiger partial charge >= 0.3 is 0 Å². The number of carbonyl (C=O) groups is 1. The first-order valence-electron chi connectivity index (χ1n) is 11.4. The minimum Gasteiger partial charge on any atom is -0.495 e. The summed E-state index contributed by atoms with van der Waals surface area (Å²) < 4.78 is 33.8. The largest absolute Gasteiger partial charge is 0.495 e. The molecule has 0 bridgehead atoms. The summed E-state index contributed by atoms with van der Waals surface area (Å²) >= 11 is 12.6.